The van der Waals surface area contributed by atoms with Gasteiger partial charge in [0.1, 0.15) is 29.9 Å². The SMILES string of the molecule is CSC1O[C@H]([C@H](NC(=O)C2CC[C@H](CCCS(=O)(=O)c3ccccc3)CCN2)[C@H](C)Cl)[C@@H](O)C(O)[C@H]1O. The maximum absolute atomic E-state index is 13.2. The number of carbonyl (C=O) groups is 1. The molecule has 0 aliphatic carbocycles. The van der Waals surface area contributed by atoms with Crippen molar-refractivity contribution < 1.29 is 33.3 Å². The second-order valence-corrected chi connectivity index (χ2v) is 13.6. The first-order chi connectivity index (χ1) is 17.5. The Morgan fingerprint density at radius 2 is 1.86 bits per heavy atom. The van der Waals surface area contributed by atoms with Gasteiger partial charge in [-0.1, -0.05) is 18.2 Å². The number of halogens is 1. The van der Waals surface area contributed by atoms with Gasteiger partial charge in [-0.3, -0.25) is 4.79 Å². The van der Waals surface area contributed by atoms with Crippen molar-refractivity contribution in [2.24, 2.45) is 5.92 Å². The number of nitrogens with one attached hydrogen (secondary N) is 2. The zero-order valence-corrected chi connectivity index (χ0v) is 23.6. The summed E-state index contributed by atoms with van der Waals surface area (Å²) in [4.78, 5) is 13.5. The second-order valence-electron chi connectivity index (χ2n) is 9.90. The van der Waals surface area contributed by atoms with Gasteiger partial charge in [0.05, 0.1) is 28.1 Å². The van der Waals surface area contributed by atoms with E-state index in [4.69, 9.17) is 16.3 Å². The minimum absolute atomic E-state index is 0.0987. The van der Waals surface area contributed by atoms with Crippen LogP contribution in [0, 0.1) is 5.92 Å². The molecule has 210 valence electrons. The first-order valence-electron chi connectivity index (χ1n) is 12.7. The van der Waals surface area contributed by atoms with E-state index in [1.165, 1.54) is 11.8 Å². The van der Waals surface area contributed by atoms with Crippen molar-refractivity contribution in [1.82, 2.24) is 10.6 Å². The molecule has 3 rings (SSSR count). The van der Waals surface area contributed by atoms with Crippen LogP contribution in [0.4, 0.5) is 0 Å². The molecule has 1 aromatic rings. The number of aliphatic hydroxyl groups excluding tert-OH is 3. The van der Waals surface area contributed by atoms with Crippen LogP contribution in [0.15, 0.2) is 35.2 Å². The summed E-state index contributed by atoms with van der Waals surface area (Å²) in [5.74, 6) is 0.130. The van der Waals surface area contributed by atoms with Gasteiger partial charge < -0.3 is 30.7 Å². The number of rotatable bonds is 10. The zero-order chi connectivity index (χ0) is 27.2. The normalized spacial score (nSPS) is 32.8. The first-order valence-corrected chi connectivity index (χ1v) is 16.1. The molecule has 1 aromatic carbocycles. The molecule has 5 N–H and O–H groups in total. The Labute approximate surface area is 228 Å². The highest BCUT2D eigenvalue weighted by molar-refractivity contribution is 7.99. The van der Waals surface area contributed by atoms with Gasteiger partial charge in [0.25, 0.3) is 0 Å². The molecule has 9 atom stereocenters. The van der Waals surface area contributed by atoms with Crippen molar-refractivity contribution in [3.63, 3.8) is 0 Å². The smallest absolute Gasteiger partial charge is 0.237 e. The zero-order valence-electron chi connectivity index (χ0n) is 21.2. The maximum Gasteiger partial charge on any atom is 0.237 e. The molecule has 1 amide bonds. The average Bonchev–Trinajstić information content (AvgIpc) is 3.12. The molecule has 3 unspecified atom stereocenters. The lowest BCUT2D eigenvalue weighted by Crippen LogP contribution is -2.65. The van der Waals surface area contributed by atoms with E-state index in [-0.39, 0.29) is 11.7 Å². The molecule has 2 saturated heterocycles. The van der Waals surface area contributed by atoms with Gasteiger partial charge in [-0.05, 0) is 69.9 Å². The van der Waals surface area contributed by atoms with Crippen LogP contribution in [-0.4, -0.2) is 95.5 Å². The van der Waals surface area contributed by atoms with Crippen LogP contribution in [0.5, 0.6) is 0 Å². The average molecular weight is 579 g/mol. The van der Waals surface area contributed by atoms with Gasteiger partial charge >= 0.3 is 0 Å². The van der Waals surface area contributed by atoms with E-state index >= 15 is 0 Å². The van der Waals surface area contributed by atoms with Crippen molar-refractivity contribution in [2.75, 3.05) is 18.6 Å². The standard InChI is InChI=1S/C25H39ClN2O7S2/c1-15(26)19(23-21(30)20(29)22(31)25(35-23)36-2)28-24(32)18-11-10-16(12-13-27-18)7-6-14-37(33,34)17-8-4-3-5-9-17/h3-5,8-9,15-16,18-23,25,27,29-31H,6-7,10-14H2,1-2H3,(H,28,32)/t15-,16-,18?,19+,20?,21-,22+,23+,25?/m0/s1. The number of hydrogen-bond donors (Lipinski definition) is 5. The summed E-state index contributed by atoms with van der Waals surface area (Å²) in [6, 6.07) is 7.21. The fraction of sp³-hybridized carbons (Fsp3) is 0.720. The van der Waals surface area contributed by atoms with Crippen molar-refractivity contribution >= 4 is 39.1 Å². The highest BCUT2D eigenvalue weighted by Crippen LogP contribution is 2.30. The molecule has 0 aromatic heterocycles. The minimum Gasteiger partial charge on any atom is -0.388 e. The van der Waals surface area contributed by atoms with Crippen molar-refractivity contribution in [3.05, 3.63) is 30.3 Å². The van der Waals surface area contributed by atoms with E-state index in [0.29, 0.717) is 30.2 Å². The van der Waals surface area contributed by atoms with Crippen molar-refractivity contribution in [3.8, 4) is 0 Å². The van der Waals surface area contributed by atoms with E-state index < -0.39 is 57.1 Å². The molecule has 0 spiro atoms. The Balaban J connectivity index is 1.53. The van der Waals surface area contributed by atoms with Crippen molar-refractivity contribution in [2.45, 2.75) is 91.2 Å². The number of sulfone groups is 1. The highest BCUT2D eigenvalue weighted by Gasteiger charge is 2.48. The van der Waals surface area contributed by atoms with Gasteiger partial charge in [-0.25, -0.2) is 8.42 Å². The lowest BCUT2D eigenvalue weighted by Gasteiger charge is -2.44. The molecule has 0 saturated carbocycles. The summed E-state index contributed by atoms with van der Waals surface area (Å²) >= 11 is 7.57. The molecule has 0 radical (unpaired) electrons. The fourth-order valence-electron chi connectivity index (χ4n) is 5.02. The summed E-state index contributed by atoms with van der Waals surface area (Å²) in [5, 5.41) is 36.5. The Kier molecular flexibility index (Phi) is 11.5. The van der Waals surface area contributed by atoms with E-state index in [2.05, 4.69) is 10.6 Å². The monoisotopic (exact) mass is 578 g/mol. The van der Waals surface area contributed by atoms with Gasteiger partial charge in [0.2, 0.25) is 5.91 Å². The van der Waals surface area contributed by atoms with Crippen LogP contribution in [0.3, 0.4) is 0 Å². The van der Waals surface area contributed by atoms with E-state index in [1.54, 1.807) is 43.5 Å². The predicted molar refractivity (Wildman–Crippen MR) is 144 cm³/mol. The van der Waals surface area contributed by atoms with Crippen LogP contribution in [0.1, 0.15) is 39.0 Å². The third-order valence-electron chi connectivity index (χ3n) is 7.25. The third-order valence-corrected chi connectivity index (χ3v) is 10.2. The van der Waals surface area contributed by atoms with Crippen LogP contribution in [0.2, 0.25) is 0 Å². The number of alkyl halides is 1. The fourth-order valence-corrected chi connectivity index (χ4v) is 7.26. The molecule has 0 bridgehead atoms. The summed E-state index contributed by atoms with van der Waals surface area (Å²) in [7, 11) is -3.30. The number of aliphatic hydroxyl groups is 3. The Bertz CT molecular complexity index is 967. The largest absolute Gasteiger partial charge is 0.388 e. The summed E-state index contributed by atoms with van der Waals surface area (Å²) in [6.45, 7) is 2.30. The molecule has 9 nitrogen and oxygen atoms in total. The number of thioether (sulfide) groups is 1. The minimum atomic E-state index is -3.30. The quantitative estimate of drug-likeness (QED) is 0.259. The molecule has 2 aliphatic heterocycles. The molecule has 2 aliphatic rings. The second kappa shape index (κ2) is 13.9. The summed E-state index contributed by atoms with van der Waals surface area (Å²) < 4.78 is 30.9. The predicted octanol–water partition coefficient (Wildman–Crippen LogP) is 1.28. The number of benzene rings is 1. The van der Waals surface area contributed by atoms with E-state index in [9.17, 15) is 28.5 Å². The van der Waals surface area contributed by atoms with Crippen LogP contribution < -0.4 is 10.6 Å². The Morgan fingerprint density at radius 1 is 1.16 bits per heavy atom. The summed E-state index contributed by atoms with van der Waals surface area (Å²) in [6.07, 6.45) is 0.160. The van der Waals surface area contributed by atoms with Gasteiger partial charge in [-0.15, -0.1) is 23.4 Å². The number of ether oxygens (including phenoxy) is 1. The Morgan fingerprint density at radius 3 is 2.51 bits per heavy atom. The number of carbonyl (C=O) groups excluding carboxylic acids is 1. The van der Waals surface area contributed by atoms with Crippen LogP contribution in [-0.2, 0) is 19.4 Å². The van der Waals surface area contributed by atoms with Gasteiger partial charge in [0.15, 0.2) is 9.84 Å². The van der Waals surface area contributed by atoms with Crippen molar-refractivity contribution in [1.29, 1.82) is 0 Å². The van der Waals surface area contributed by atoms with Gasteiger partial charge in [0, 0.05) is 0 Å². The Hall–Kier alpha value is -0.920. The first kappa shape index (κ1) is 30.6. The lowest BCUT2D eigenvalue weighted by atomic mass is 9.92. The topological polar surface area (TPSA) is 145 Å². The maximum atomic E-state index is 13.2. The van der Waals surface area contributed by atoms with E-state index in [0.717, 1.165) is 19.3 Å². The number of hydrogen-bond acceptors (Lipinski definition) is 9. The van der Waals surface area contributed by atoms with Crippen LogP contribution >= 0.6 is 23.4 Å². The lowest BCUT2D eigenvalue weighted by molar-refractivity contribution is -0.205. The third kappa shape index (κ3) is 8.04. The molecule has 12 heteroatoms. The van der Waals surface area contributed by atoms with Crippen LogP contribution in [0.25, 0.3) is 0 Å². The number of amides is 1. The molecule has 2 fully saturated rings. The van der Waals surface area contributed by atoms with E-state index in [1.807, 2.05) is 0 Å². The molecular weight excluding hydrogens is 540 g/mol. The summed E-state index contributed by atoms with van der Waals surface area (Å²) in [5.41, 5.74) is -0.763. The van der Waals surface area contributed by atoms with Gasteiger partial charge in [-0.2, -0.15) is 0 Å². The molecule has 37 heavy (non-hydrogen) atoms. The molecule has 2 heterocycles. The molecular formula is C25H39ClN2O7S2. The highest BCUT2D eigenvalue weighted by atomic mass is 35.5.